The lowest BCUT2D eigenvalue weighted by molar-refractivity contribution is 0.0601. The Bertz CT molecular complexity index is 366. The first kappa shape index (κ1) is 11.8. The molecular formula is C10H13ClN2O2. The lowest BCUT2D eigenvalue weighted by Gasteiger charge is -2.13. The van der Waals surface area contributed by atoms with Gasteiger partial charge in [0.1, 0.15) is 10.7 Å². The van der Waals surface area contributed by atoms with Gasteiger partial charge in [0.15, 0.2) is 0 Å². The van der Waals surface area contributed by atoms with Crippen LogP contribution in [0.3, 0.4) is 0 Å². The van der Waals surface area contributed by atoms with Crippen molar-refractivity contribution in [3.63, 3.8) is 0 Å². The molecule has 1 rings (SSSR count). The Morgan fingerprint density at radius 1 is 1.60 bits per heavy atom. The molecule has 0 aliphatic carbocycles. The lowest BCUT2D eigenvalue weighted by atomic mass is 10.2. The molecule has 0 bridgehead atoms. The number of anilines is 1. The van der Waals surface area contributed by atoms with Gasteiger partial charge in [-0.25, -0.2) is 9.78 Å². The highest BCUT2D eigenvalue weighted by atomic mass is 35.5. The van der Waals surface area contributed by atoms with Crippen LogP contribution in [0.4, 0.5) is 5.69 Å². The fraction of sp³-hybridized carbons (Fsp3) is 0.400. The number of halogens is 1. The quantitative estimate of drug-likeness (QED) is 0.637. The summed E-state index contributed by atoms with van der Waals surface area (Å²) in [5.41, 5.74) is 1.02. The molecular weight excluding hydrogens is 216 g/mol. The molecule has 0 saturated carbocycles. The minimum absolute atomic E-state index is 0.201. The molecule has 0 atom stereocenters. The van der Waals surface area contributed by atoms with Crippen molar-refractivity contribution in [2.24, 2.45) is 0 Å². The van der Waals surface area contributed by atoms with Gasteiger partial charge >= 0.3 is 5.97 Å². The Morgan fingerprint density at radius 2 is 2.27 bits per heavy atom. The maximum absolute atomic E-state index is 11.4. The predicted octanol–water partition coefficient (Wildman–Crippen LogP) is 2.34. The first-order valence-corrected chi connectivity index (χ1v) is 4.92. The second kappa shape index (κ2) is 4.98. The van der Waals surface area contributed by atoms with Crippen molar-refractivity contribution in [1.82, 2.24) is 4.98 Å². The van der Waals surface area contributed by atoms with E-state index < -0.39 is 5.97 Å². The first-order chi connectivity index (χ1) is 7.04. The molecule has 0 unspecified atom stereocenters. The van der Waals surface area contributed by atoms with Crippen molar-refractivity contribution < 1.29 is 9.53 Å². The minimum Gasteiger partial charge on any atom is -0.465 e. The van der Waals surface area contributed by atoms with E-state index in [9.17, 15) is 4.79 Å². The number of nitrogens with one attached hydrogen (secondary N) is 1. The van der Waals surface area contributed by atoms with Crippen LogP contribution < -0.4 is 5.32 Å². The molecule has 0 amide bonds. The van der Waals surface area contributed by atoms with E-state index in [1.54, 1.807) is 6.07 Å². The van der Waals surface area contributed by atoms with Gasteiger partial charge in [-0.3, -0.25) is 0 Å². The molecule has 0 aliphatic heterocycles. The molecule has 15 heavy (non-hydrogen) atoms. The maximum Gasteiger partial charge on any atom is 0.341 e. The zero-order valence-corrected chi connectivity index (χ0v) is 9.63. The van der Waals surface area contributed by atoms with Gasteiger partial charge in [0.2, 0.25) is 0 Å². The molecule has 1 aromatic rings. The summed E-state index contributed by atoms with van der Waals surface area (Å²) in [6.45, 7) is 3.94. The fourth-order valence-electron chi connectivity index (χ4n) is 1.13. The van der Waals surface area contributed by atoms with Gasteiger partial charge in [-0.2, -0.15) is 0 Å². The van der Waals surface area contributed by atoms with Gasteiger partial charge in [-0.05, 0) is 19.9 Å². The van der Waals surface area contributed by atoms with Gasteiger partial charge in [0.25, 0.3) is 0 Å². The number of hydrogen-bond donors (Lipinski definition) is 1. The van der Waals surface area contributed by atoms with E-state index in [0.717, 1.165) is 0 Å². The van der Waals surface area contributed by atoms with Gasteiger partial charge in [0, 0.05) is 12.2 Å². The third-order valence-electron chi connectivity index (χ3n) is 1.72. The molecule has 0 aliphatic rings. The summed E-state index contributed by atoms with van der Waals surface area (Å²) in [7, 11) is 1.33. The lowest BCUT2D eigenvalue weighted by Crippen LogP contribution is -2.14. The molecule has 1 aromatic heterocycles. The maximum atomic E-state index is 11.4. The van der Waals surface area contributed by atoms with E-state index >= 15 is 0 Å². The smallest absolute Gasteiger partial charge is 0.341 e. The molecule has 4 nitrogen and oxygen atoms in total. The van der Waals surface area contributed by atoms with Crippen molar-refractivity contribution in [2.45, 2.75) is 19.9 Å². The number of pyridine rings is 1. The molecule has 1 N–H and O–H groups in total. The summed E-state index contributed by atoms with van der Waals surface area (Å²) in [4.78, 5) is 15.2. The Kier molecular flexibility index (Phi) is 3.91. The normalized spacial score (nSPS) is 10.2. The van der Waals surface area contributed by atoms with E-state index in [1.807, 2.05) is 13.8 Å². The summed E-state index contributed by atoms with van der Waals surface area (Å²) >= 11 is 5.74. The van der Waals surface area contributed by atoms with Crippen LogP contribution in [0.25, 0.3) is 0 Å². The summed E-state index contributed by atoms with van der Waals surface area (Å²) in [6.07, 6.45) is 1.40. The summed E-state index contributed by atoms with van der Waals surface area (Å²) < 4.78 is 4.64. The number of hydrogen-bond acceptors (Lipinski definition) is 4. The third kappa shape index (κ3) is 3.09. The van der Waals surface area contributed by atoms with E-state index in [4.69, 9.17) is 11.6 Å². The highest BCUT2D eigenvalue weighted by Crippen LogP contribution is 2.20. The number of carbonyl (C=O) groups is 1. The number of esters is 1. The number of nitrogens with zero attached hydrogens (tertiary/aromatic N) is 1. The Morgan fingerprint density at radius 3 is 2.80 bits per heavy atom. The molecule has 0 aromatic carbocycles. The second-order valence-electron chi connectivity index (χ2n) is 3.34. The third-order valence-corrected chi connectivity index (χ3v) is 1.93. The van der Waals surface area contributed by atoms with Gasteiger partial charge in [-0.1, -0.05) is 11.6 Å². The number of rotatable bonds is 3. The second-order valence-corrected chi connectivity index (χ2v) is 3.73. The molecule has 5 heteroatoms. The minimum atomic E-state index is -0.428. The number of methoxy groups -OCH3 is 1. The van der Waals surface area contributed by atoms with Crippen LogP contribution in [0.2, 0.25) is 5.15 Å². The molecule has 0 spiro atoms. The standard InChI is InChI=1S/C10H13ClN2O2/c1-6(2)13-8-4-9(11)12-5-7(8)10(14)15-3/h4-6H,1-3H3,(H,12,13). The van der Waals surface area contributed by atoms with Crippen LogP contribution in [-0.4, -0.2) is 24.1 Å². The molecule has 0 radical (unpaired) electrons. The highest BCUT2D eigenvalue weighted by molar-refractivity contribution is 6.29. The first-order valence-electron chi connectivity index (χ1n) is 4.55. The summed E-state index contributed by atoms with van der Waals surface area (Å²) in [5, 5.41) is 3.44. The van der Waals surface area contributed by atoms with Crippen molar-refractivity contribution in [2.75, 3.05) is 12.4 Å². The highest BCUT2D eigenvalue weighted by Gasteiger charge is 2.13. The zero-order chi connectivity index (χ0) is 11.4. The van der Waals surface area contributed by atoms with Crippen molar-refractivity contribution >= 4 is 23.3 Å². The van der Waals surface area contributed by atoms with Crippen LogP contribution in [-0.2, 0) is 4.74 Å². The SMILES string of the molecule is COC(=O)c1cnc(Cl)cc1NC(C)C. The Labute approximate surface area is 93.6 Å². The Balaban J connectivity index is 3.08. The van der Waals surface area contributed by atoms with Gasteiger partial charge in [-0.15, -0.1) is 0 Å². The largest absolute Gasteiger partial charge is 0.465 e. The molecule has 1 heterocycles. The van der Waals surface area contributed by atoms with Gasteiger partial charge in [0.05, 0.1) is 12.8 Å². The summed E-state index contributed by atoms with van der Waals surface area (Å²) in [6, 6.07) is 1.81. The van der Waals surface area contributed by atoms with Crippen molar-refractivity contribution in [3.05, 3.63) is 23.0 Å². The van der Waals surface area contributed by atoms with E-state index in [1.165, 1.54) is 13.3 Å². The van der Waals surface area contributed by atoms with Crippen LogP contribution >= 0.6 is 11.6 Å². The molecule has 82 valence electrons. The average molecular weight is 229 g/mol. The monoisotopic (exact) mass is 228 g/mol. The topological polar surface area (TPSA) is 51.2 Å². The molecule has 0 fully saturated rings. The van der Waals surface area contributed by atoms with Crippen LogP contribution in [0.5, 0.6) is 0 Å². The fourth-order valence-corrected chi connectivity index (χ4v) is 1.29. The van der Waals surface area contributed by atoms with Crippen molar-refractivity contribution in [1.29, 1.82) is 0 Å². The van der Waals surface area contributed by atoms with E-state index in [2.05, 4.69) is 15.0 Å². The van der Waals surface area contributed by atoms with Crippen LogP contribution in [0, 0.1) is 0 Å². The Hall–Kier alpha value is -1.29. The van der Waals surface area contributed by atoms with E-state index in [0.29, 0.717) is 16.4 Å². The average Bonchev–Trinajstić information content (AvgIpc) is 2.16. The van der Waals surface area contributed by atoms with Crippen molar-refractivity contribution in [3.8, 4) is 0 Å². The van der Waals surface area contributed by atoms with Gasteiger partial charge < -0.3 is 10.1 Å². The number of ether oxygens (including phenoxy) is 1. The van der Waals surface area contributed by atoms with E-state index in [-0.39, 0.29) is 6.04 Å². The summed E-state index contributed by atoms with van der Waals surface area (Å²) in [5.74, 6) is -0.428. The predicted molar refractivity (Wildman–Crippen MR) is 59.3 cm³/mol. The zero-order valence-electron chi connectivity index (χ0n) is 8.87. The number of carbonyl (C=O) groups excluding carboxylic acids is 1. The number of aromatic nitrogens is 1. The van der Waals surface area contributed by atoms with Crippen LogP contribution in [0.15, 0.2) is 12.3 Å². The van der Waals surface area contributed by atoms with Crippen LogP contribution in [0.1, 0.15) is 24.2 Å². The molecule has 0 saturated heterocycles.